The number of hydrogen-bond acceptors (Lipinski definition) is 3. The van der Waals surface area contributed by atoms with Crippen LogP contribution in [-0.2, 0) is 4.79 Å². The largest absolute Gasteiger partial charge is 0.494 e. The summed E-state index contributed by atoms with van der Waals surface area (Å²) in [5, 5.41) is 9.35. The molecular formula is C20H26N2O2. The van der Waals surface area contributed by atoms with Crippen LogP contribution in [0.4, 0.5) is 0 Å². The number of benzene rings is 1. The summed E-state index contributed by atoms with van der Waals surface area (Å²) in [7, 11) is 0. The summed E-state index contributed by atoms with van der Waals surface area (Å²) >= 11 is 0. The highest BCUT2D eigenvalue weighted by Gasteiger charge is 2.22. The van der Waals surface area contributed by atoms with Crippen LogP contribution in [0.25, 0.3) is 6.08 Å². The highest BCUT2D eigenvalue weighted by molar-refractivity contribution is 6.01. The van der Waals surface area contributed by atoms with Crippen LogP contribution in [0.5, 0.6) is 5.75 Å². The van der Waals surface area contributed by atoms with E-state index in [9.17, 15) is 10.1 Å². The number of unbranched alkanes of at least 4 members (excludes halogenated alkanes) is 1. The Hall–Kier alpha value is -2.28. The Morgan fingerprint density at radius 3 is 2.58 bits per heavy atom. The average molecular weight is 326 g/mol. The summed E-state index contributed by atoms with van der Waals surface area (Å²) < 4.78 is 5.62. The maximum atomic E-state index is 12.5. The monoisotopic (exact) mass is 326 g/mol. The first-order valence-electron chi connectivity index (χ1n) is 8.78. The van der Waals surface area contributed by atoms with E-state index in [-0.39, 0.29) is 11.5 Å². The molecule has 0 bridgehead atoms. The SMILES string of the molecule is CCCCOc1ccc(/C=C(\C#N)C(=O)N2CCC(C)CC2)cc1. The third-order valence-electron chi connectivity index (χ3n) is 4.38. The van der Waals surface area contributed by atoms with Gasteiger partial charge in [0.05, 0.1) is 6.61 Å². The van der Waals surface area contributed by atoms with E-state index in [0.717, 1.165) is 50.1 Å². The van der Waals surface area contributed by atoms with Gasteiger partial charge in [0.25, 0.3) is 5.91 Å². The standard InChI is InChI=1S/C20H26N2O2/c1-3-4-13-24-19-7-5-17(6-8-19)14-18(15-21)20(23)22-11-9-16(2)10-12-22/h5-8,14,16H,3-4,9-13H2,1-2H3/b18-14+. The molecule has 1 aromatic carbocycles. The molecule has 1 heterocycles. The second kappa shape index (κ2) is 9.12. The van der Waals surface area contributed by atoms with Gasteiger partial charge in [0, 0.05) is 13.1 Å². The van der Waals surface area contributed by atoms with Gasteiger partial charge in [-0.15, -0.1) is 0 Å². The second-order valence-electron chi connectivity index (χ2n) is 6.42. The maximum absolute atomic E-state index is 12.5. The van der Waals surface area contributed by atoms with E-state index in [1.807, 2.05) is 24.3 Å². The first-order valence-corrected chi connectivity index (χ1v) is 8.78. The number of carbonyl (C=O) groups excluding carboxylic acids is 1. The first kappa shape index (κ1) is 18.1. The van der Waals surface area contributed by atoms with Crippen molar-refractivity contribution in [2.75, 3.05) is 19.7 Å². The van der Waals surface area contributed by atoms with Gasteiger partial charge in [-0.25, -0.2) is 0 Å². The van der Waals surface area contributed by atoms with Crippen molar-refractivity contribution in [3.8, 4) is 11.8 Å². The fourth-order valence-electron chi connectivity index (χ4n) is 2.69. The van der Waals surface area contributed by atoms with Crippen LogP contribution in [0, 0.1) is 17.2 Å². The zero-order valence-corrected chi connectivity index (χ0v) is 14.6. The number of ether oxygens (including phenoxy) is 1. The Kier molecular flexibility index (Phi) is 6.87. The zero-order valence-electron chi connectivity index (χ0n) is 14.6. The van der Waals surface area contributed by atoms with Crippen LogP contribution in [0.2, 0.25) is 0 Å². The van der Waals surface area contributed by atoms with Gasteiger partial charge in [-0.1, -0.05) is 32.4 Å². The van der Waals surface area contributed by atoms with Gasteiger partial charge in [-0.3, -0.25) is 4.79 Å². The lowest BCUT2D eigenvalue weighted by molar-refractivity contribution is -0.127. The summed E-state index contributed by atoms with van der Waals surface area (Å²) in [5.41, 5.74) is 1.04. The van der Waals surface area contributed by atoms with Crippen molar-refractivity contribution in [2.24, 2.45) is 5.92 Å². The highest BCUT2D eigenvalue weighted by Crippen LogP contribution is 2.19. The fraction of sp³-hybridized carbons (Fsp3) is 0.500. The predicted octanol–water partition coefficient (Wildman–Crippen LogP) is 4.03. The lowest BCUT2D eigenvalue weighted by atomic mass is 9.98. The van der Waals surface area contributed by atoms with E-state index in [4.69, 9.17) is 4.74 Å². The smallest absolute Gasteiger partial charge is 0.264 e. The number of carbonyl (C=O) groups is 1. The summed E-state index contributed by atoms with van der Waals surface area (Å²) in [5.74, 6) is 1.31. The number of amides is 1. The van der Waals surface area contributed by atoms with Gasteiger partial charge in [0.1, 0.15) is 17.4 Å². The molecule has 1 saturated heterocycles. The molecule has 128 valence electrons. The summed E-state index contributed by atoms with van der Waals surface area (Å²) in [6.45, 7) is 6.52. The van der Waals surface area contributed by atoms with Gasteiger partial charge in [-0.2, -0.15) is 5.26 Å². The number of nitriles is 1. The Labute approximate surface area is 144 Å². The molecule has 0 spiro atoms. The van der Waals surface area contributed by atoms with Crippen LogP contribution in [-0.4, -0.2) is 30.5 Å². The third kappa shape index (κ3) is 5.13. The molecule has 1 aromatic rings. The van der Waals surface area contributed by atoms with Crippen molar-refractivity contribution >= 4 is 12.0 Å². The van der Waals surface area contributed by atoms with Crippen LogP contribution >= 0.6 is 0 Å². The van der Waals surface area contributed by atoms with Crippen molar-refractivity contribution in [3.05, 3.63) is 35.4 Å². The molecule has 1 amide bonds. The summed E-state index contributed by atoms with van der Waals surface area (Å²) in [6.07, 6.45) is 5.81. The minimum atomic E-state index is -0.160. The van der Waals surface area contributed by atoms with Crippen LogP contribution in [0.3, 0.4) is 0 Å². The molecule has 1 aliphatic rings. The number of nitrogens with zero attached hydrogens (tertiary/aromatic N) is 2. The van der Waals surface area contributed by atoms with Crippen molar-refractivity contribution in [3.63, 3.8) is 0 Å². The minimum Gasteiger partial charge on any atom is -0.494 e. The van der Waals surface area contributed by atoms with Crippen LogP contribution in [0.1, 0.15) is 45.1 Å². The molecule has 1 fully saturated rings. The molecule has 2 rings (SSSR count). The molecule has 0 atom stereocenters. The Balaban J connectivity index is 2.01. The Morgan fingerprint density at radius 2 is 2.00 bits per heavy atom. The van der Waals surface area contributed by atoms with E-state index in [0.29, 0.717) is 12.5 Å². The minimum absolute atomic E-state index is 0.160. The van der Waals surface area contributed by atoms with Crippen molar-refractivity contribution < 1.29 is 9.53 Å². The number of piperidine rings is 1. The molecule has 4 nitrogen and oxygen atoms in total. The lowest BCUT2D eigenvalue weighted by Gasteiger charge is -2.30. The summed E-state index contributed by atoms with van der Waals surface area (Å²) in [6, 6.07) is 9.57. The lowest BCUT2D eigenvalue weighted by Crippen LogP contribution is -2.38. The third-order valence-corrected chi connectivity index (χ3v) is 4.38. The Morgan fingerprint density at radius 1 is 1.33 bits per heavy atom. The normalized spacial score (nSPS) is 15.9. The second-order valence-corrected chi connectivity index (χ2v) is 6.42. The molecule has 1 aliphatic heterocycles. The van der Waals surface area contributed by atoms with Gasteiger partial charge in [0.15, 0.2) is 0 Å². The quantitative estimate of drug-likeness (QED) is 0.450. The molecule has 0 aromatic heterocycles. The van der Waals surface area contributed by atoms with Crippen LogP contribution < -0.4 is 4.74 Å². The van der Waals surface area contributed by atoms with Crippen LogP contribution in [0.15, 0.2) is 29.8 Å². The topological polar surface area (TPSA) is 53.3 Å². The first-order chi connectivity index (χ1) is 11.6. The summed E-state index contributed by atoms with van der Waals surface area (Å²) in [4.78, 5) is 14.3. The number of rotatable bonds is 6. The van der Waals surface area contributed by atoms with Gasteiger partial charge in [0.2, 0.25) is 0 Å². The molecule has 0 saturated carbocycles. The van der Waals surface area contributed by atoms with Crippen molar-refractivity contribution in [2.45, 2.75) is 39.5 Å². The molecular weight excluding hydrogens is 300 g/mol. The van der Waals surface area contributed by atoms with E-state index >= 15 is 0 Å². The molecule has 0 aliphatic carbocycles. The zero-order chi connectivity index (χ0) is 17.4. The molecule has 0 unspecified atom stereocenters. The molecule has 4 heteroatoms. The predicted molar refractivity (Wildman–Crippen MR) is 95.4 cm³/mol. The fourth-order valence-corrected chi connectivity index (χ4v) is 2.69. The molecule has 0 radical (unpaired) electrons. The highest BCUT2D eigenvalue weighted by atomic mass is 16.5. The maximum Gasteiger partial charge on any atom is 0.264 e. The Bertz CT molecular complexity index is 606. The molecule has 0 N–H and O–H groups in total. The number of hydrogen-bond donors (Lipinski definition) is 0. The van der Waals surface area contributed by atoms with E-state index in [1.54, 1.807) is 11.0 Å². The van der Waals surface area contributed by atoms with Crippen molar-refractivity contribution in [1.82, 2.24) is 4.90 Å². The van der Waals surface area contributed by atoms with E-state index < -0.39 is 0 Å². The van der Waals surface area contributed by atoms with Crippen molar-refractivity contribution in [1.29, 1.82) is 5.26 Å². The number of likely N-dealkylation sites (tertiary alicyclic amines) is 1. The van der Waals surface area contributed by atoms with Gasteiger partial charge >= 0.3 is 0 Å². The average Bonchev–Trinajstić information content (AvgIpc) is 2.61. The van der Waals surface area contributed by atoms with E-state index in [2.05, 4.69) is 19.9 Å². The molecule has 24 heavy (non-hydrogen) atoms. The van der Waals surface area contributed by atoms with Gasteiger partial charge < -0.3 is 9.64 Å². The van der Waals surface area contributed by atoms with Gasteiger partial charge in [-0.05, 0) is 49.0 Å². The van der Waals surface area contributed by atoms with E-state index in [1.165, 1.54) is 0 Å².